The lowest BCUT2D eigenvalue weighted by atomic mass is 10.0. The minimum absolute atomic E-state index is 0.963. The van der Waals surface area contributed by atoms with Gasteiger partial charge in [-0.3, -0.25) is 0 Å². The van der Waals surface area contributed by atoms with Gasteiger partial charge in [-0.25, -0.2) is 0 Å². The Balaban J connectivity index is 1.40. The highest BCUT2D eigenvalue weighted by atomic mass is 15.1. The molecule has 0 atom stereocenters. The Labute approximate surface area is 291 Å². The first-order valence-electron chi connectivity index (χ1n) is 16.7. The van der Waals surface area contributed by atoms with E-state index in [9.17, 15) is 0 Å². The predicted octanol–water partition coefficient (Wildman–Crippen LogP) is 13.0. The van der Waals surface area contributed by atoms with Gasteiger partial charge in [0.25, 0.3) is 0 Å². The van der Waals surface area contributed by atoms with Crippen LogP contribution in [0.2, 0.25) is 0 Å². The van der Waals surface area contributed by atoms with E-state index in [1.807, 2.05) is 18.2 Å². The van der Waals surface area contributed by atoms with Crippen LogP contribution in [-0.4, -0.2) is 7.05 Å². The molecule has 0 aliphatic carbocycles. The normalized spacial score (nSPS) is 11.3. The molecule has 0 aromatic heterocycles. The molecule has 0 fully saturated rings. The van der Waals surface area contributed by atoms with E-state index >= 15 is 0 Å². The highest BCUT2D eigenvalue weighted by Gasteiger charge is 2.15. The van der Waals surface area contributed by atoms with Gasteiger partial charge in [-0.15, -0.1) is 0 Å². The zero-order valence-electron chi connectivity index (χ0n) is 28.5. The standard InChI is InChI=1S/C47H42N2/c1-5-42(29-26-36(2)38-19-12-8-13-20-38)49(44-30-27-40(28-31-44)39-21-14-9-15-22-39)45-34-32-43(33-35-45)48(4)47-37(3)18-10-6-7-11-23-41-24-16-17-25-46(41)47/h5-35H,2H2,1,3-4H3/b7-6?,10-6?,11-7?,18-10?,23-11?,29-26-,37-18?,41-23?,42-5+,47-37?,47-46?. The van der Waals surface area contributed by atoms with Gasteiger partial charge in [-0.05, 0) is 89.5 Å². The monoisotopic (exact) mass is 634 g/mol. The van der Waals surface area contributed by atoms with Gasteiger partial charge in [0.15, 0.2) is 0 Å². The van der Waals surface area contributed by atoms with Crippen molar-refractivity contribution in [2.75, 3.05) is 16.8 Å². The maximum Gasteiger partial charge on any atom is 0.0517 e. The zero-order chi connectivity index (χ0) is 34.0. The van der Waals surface area contributed by atoms with Crippen LogP contribution < -0.4 is 9.80 Å². The molecule has 0 N–H and O–H groups in total. The summed E-state index contributed by atoms with van der Waals surface area (Å²) in [4.78, 5) is 4.59. The first-order chi connectivity index (χ1) is 24.0. The molecule has 49 heavy (non-hydrogen) atoms. The van der Waals surface area contributed by atoms with Crippen molar-refractivity contribution in [1.29, 1.82) is 0 Å². The van der Waals surface area contributed by atoms with Crippen molar-refractivity contribution in [1.82, 2.24) is 0 Å². The fourth-order valence-corrected chi connectivity index (χ4v) is 6.15. The fourth-order valence-electron chi connectivity index (χ4n) is 6.15. The van der Waals surface area contributed by atoms with Crippen molar-refractivity contribution in [2.24, 2.45) is 0 Å². The molecular formula is C47H42N2. The molecule has 0 aliphatic heterocycles. The highest BCUT2D eigenvalue weighted by molar-refractivity contribution is 5.96. The molecule has 6 aromatic rings. The third-order valence-electron chi connectivity index (χ3n) is 8.76. The third kappa shape index (κ3) is 7.72. The molecule has 0 saturated heterocycles. The number of nitrogens with zero attached hydrogens (tertiary/aromatic N) is 2. The summed E-state index contributed by atoms with van der Waals surface area (Å²) < 4.78 is 0. The van der Waals surface area contributed by atoms with Gasteiger partial charge >= 0.3 is 0 Å². The maximum absolute atomic E-state index is 4.35. The second-order valence-electron chi connectivity index (χ2n) is 12.0. The van der Waals surface area contributed by atoms with Crippen LogP contribution in [0.4, 0.5) is 22.7 Å². The number of benzene rings is 5. The molecule has 0 unspecified atom stereocenters. The topological polar surface area (TPSA) is 6.48 Å². The average molecular weight is 635 g/mol. The maximum atomic E-state index is 4.35. The lowest BCUT2D eigenvalue weighted by Crippen LogP contribution is -2.16. The van der Waals surface area contributed by atoms with E-state index in [0.717, 1.165) is 33.9 Å². The highest BCUT2D eigenvalue weighted by Crippen LogP contribution is 2.37. The van der Waals surface area contributed by atoms with Crippen molar-refractivity contribution >= 4 is 39.1 Å². The molecule has 0 heterocycles. The van der Waals surface area contributed by atoms with Crippen LogP contribution in [0, 0.1) is 6.92 Å². The van der Waals surface area contributed by atoms with Crippen molar-refractivity contribution in [2.45, 2.75) is 13.8 Å². The molecule has 6 aromatic carbocycles. The SMILES string of the molecule is C=C(/C=C\C(=C/C)N(c1ccc(-c2ccccc2)cc1)c1ccc(N(C)c2c(C)ccccccc3ccccc23)cc1)c1ccccc1. The van der Waals surface area contributed by atoms with E-state index in [4.69, 9.17) is 0 Å². The van der Waals surface area contributed by atoms with E-state index in [2.05, 4.69) is 207 Å². The number of hydrogen-bond donors (Lipinski definition) is 0. The number of hydrogen-bond acceptors (Lipinski definition) is 2. The molecule has 0 saturated carbocycles. The Hall–Kier alpha value is -6.12. The van der Waals surface area contributed by atoms with Gasteiger partial charge in [-0.2, -0.15) is 0 Å². The van der Waals surface area contributed by atoms with Gasteiger partial charge < -0.3 is 9.80 Å². The Morgan fingerprint density at radius 3 is 1.67 bits per heavy atom. The van der Waals surface area contributed by atoms with Crippen LogP contribution in [-0.2, 0) is 0 Å². The van der Waals surface area contributed by atoms with E-state index in [0.29, 0.717) is 0 Å². The molecule has 2 heteroatoms. The van der Waals surface area contributed by atoms with Crippen LogP contribution in [0.1, 0.15) is 18.1 Å². The predicted molar refractivity (Wildman–Crippen MR) is 213 cm³/mol. The number of allylic oxidation sites excluding steroid dienone is 4. The molecule has 0 bridgehead atoms. The quantitative estimate of drug-likeness (QED) is 0.146. The number of anilines is 4. The van der Waals surface area contributed by atoms with Crippen molar-refractivity contribution in [3.63, 3.8) is 0 Å². The molecular weight excluding hydrogens is 593 g/mol. The molecule has 0 aliphatic rings. The van der Waals surface area contributed by atoms with Crippen LogP contribution in [0.5, 0.6) is 0 Å². The second kappa shape index (κ2) is 15.6. The van der Waals surface area contributed by atoms with E-state index in [1.54, 1.807) is 0 Å². The summed E-state index contributed by atoms with van der Waals surface area (Å²) in [5.41, 5.74) is 11.1. The second-order valence-corrected chi connectivity index (χ2v) is 12.0. The summed E-state index contributed by atoms with van der Waals surface area (Å²) in [5.74, 6) is 0. The summed E-state index contributed by atoms with van der Waals surface area (Å²) in [7, 11) is 2.15. The van der Waals surface area contributed by atoms with E-state index < -0.39 is 0 Å². The average Bonchev–Trinajstić information content (AvgIpc) is 3.16. The van der Waals surface area contributed by atoms with Crippen molar-refractivity contribution in [3.05, 3.63) is 211 Å². The lowest BCUT2D eigenvalue weighted by Gasteiger charge is -2.28. The summed E-state index contributed by atoms with van der Waals surface area (Å²) in [5, 5.41) is 2.38. The Bertz CT molecular complexity index is 2140. The van der Waals surface area contributed by atoms with Crippen LogP contribution in [0.25, 0.3) is 27.5 Å². The first-order valence-corrected chi connectivity index (χ1v) is 16.7. The van der Waals surface area contributed by atoms with E-state index in [-0.39, 0.29) is 0 Å². The minimum Gasteiger partial charge on any atom is -0.344 e. The summed E-state index contributed by atoms with van der Waals surface area (Å²) in [6, 6.07) is 59.7. The van der Waals surface area contributed by atoms with Crippen LogP contribution >= 0.6 is 0 Å². The van der Waals surface area contributed by atoms with Crippen LogP contribution in [0.3, 0.4) is 0 Å². The smallest absolute Gasteiger partial charge is 0.0517 e. The summed E-state index contributed by atoms with van der Waals surface area (Å²) >= 11 is 0. The number of aryl methyl sites for hydroxylation is 1. The van der Waals surface area contributed by atoms with E-state index in [1.165, 1.54) is 33.2 Å². The molecule has 0 amide bonds. The molecule has 2 nitrogen and oxygen atoms in total. The van der Waals surface area contributed by atoms with Gasteiger partial charge in [0.05, 0.1) is 5.69 Å². The molecule has 0 spiro atoms. The minimum atomic E-state index is 0.963. The largest absolute Gasteiger partial charge is 0.344 e. The van der Waals surface area contributed by atoms with Gasteiger partial charge in [0, 0.05) is 35.2 Å². The van der Waals surface area contributed by atoms with Gasteiger partial charge in [0.2, 0.25) is 0 Å². The Kier molecular flexibility index (Phi) is 10.5. The van der Waals surface area contributed by atoms with Gasteiger partial charge in [0.1, 0.15) is 0 Å². The fraction of sp³-hybridized carbons (Fsp3) is 0.0638. The summed E-state index contributed by atoms with van der Waals surface area (Å²) in [6.45, 7) is 8.61. The lowest BCUT2D eigenvalue weighted by molar-refractivity contribution is 1.18. The van der Waals surface area contributed by atoms with Gasteiger partial charge in [-0.1, -0.05) is 152 Å². The molecule has 6 rings (SSSR count). The van der Waals surface area contributed by atoms with Crippen molar-refractivity contribution in [3.8, 4) is 11.1 Å². The number of fused-ring (bicyclic) bond motifs is 1. The Morgan fingerprint density at radius 2 is 1.02 bits per heavy atom. The number of rotatable bonds is 9. The van der Waals surface area contributed by atoms with Crippen molar-refractivity contribution < 1.29 is 0 Å². The summed E-state index contributed by atoms with van der Waals surface area (Å²) in [6.07, 6.45) is 6.40. The van der Waals surface area contributed by atoms with Crippen LogP contribution in [0.15, 0.2) is 200 Å². The Morgan fingerprint density at radius 1 is 0.531 bits per heavy atom. The molecule has 240 valence electrons. The molecule has 0 radical (unpaired) electrons. The first kappa shape index (κ1) is 32.8. The third-order valence-corrected chi connectivity index (χ3v) is 8.76. The zero-order valence-corrected chi connectivity index (χ0v) is 28.5.